The van der Waals surface area contributed by atoms with E-state index in [1.807, 2.05) is 0 Å². The Kier molecular flexibility index (Phi) is 2.59. The molecule has 1 amide bonds. The number of rotatable bonds is 1. The molecule has 3 rings (SSSR count). The molecule has 1 aliphatic heterocycles. The molecule has 18 heavy (non-hydrogen) atoms. The summed E-state index contributed by atoms with van der Waals surface area (Å²) < 4.78 is 4.70. The molecule has 0 atom stereocenters. The van der Waals surface area contributed by atoms with E-state index in [1.54, 1.807) is 17.0 Å². The highest BCUT2D eigenvalue weighted by atomic mass is 35.5. The van der Waals surface area contributed by atoms with Gasteiger partial charge in [0, 0.05) is 24.0 Å². The Morgan fingerprint density at radius 2 is 2.11 bits per heavy atom. The van der Waals surface area contributed by atoms with Gasteiger partial charge in [0.2, 0.25) is 5.91 Å². The number of amides is 1. The number of hydrogen-bond acceptors (Lipinski definition) is 3. The van der Waals surface area contributed by atoms with Gasteiger partial charge in [0.15, 0.2) is 6.26 Å². The summed E-state index contributed by atoms with van der Waals surface area (Å²) in [4.78, 5) is 24.9. The van der Waals surface area contributed by atoms with Crippen LogP contribution in [0.5, 0.6) is 0 Å². The van der Waals surface area contributed by atoms with Crippen LogP contribution in [0.25, 0.3) is 10.8 Å². The SMILES string of the molecule is O=C1CCCN1c1cc(Cl)c2c[c]oc(=O)c2c1. The molecule has 2 heterocycles. The number of nitrogens with zero attached hydrogens (tertiary/aromatic N) is 1. The van der Waals surface area contributed by atoms with Crippen molar-refractivity contribution in [2.75, 3.05) is 11.4 Å². The molecular formula is C13H9ClNO3. The molecule has 1 saturated heterocycles. The summed E-state index contributed by atoms with van der Waals surface area (Å²) in [5, 5.41) is 1.38. The van der Waals surface area contributed by atoms with Gasteiger partial charge in [-0.3, -0.25) is 4.79 Å². The summed E-state index contributed by atoms with van der Waals surface area (Å²) in [5.41, 5.74) is 0.149. The average molecular weight is 263 g/mol. The van der Waals surface area contributed by atoms with Crippen molar-refractivity contribution in [2.45, 2.75) is 12.8 Å². The van der Waals surface area contributed by atoms with Crippen molar-refractivity contribution in [3.8, 4) is 0 Å². The number of anilines is 1. The molecule has 0 N–H and O–H groups in total. The van der Waals surface area contributed by atoms with Crippen LogP contribution in [-0.2, 0) is 4.79 Å². The second-order valence-electron chi connectivity index (χ2n) is 4.19. The van der Waals surface area contributed by atoms with Crippen LogP contribution in [0, 0.1) is 6.26 Å². The number of hydrogen-bond donors (Lipinski definition) is 0. The molecule has 5 heteroatoms. The van der Waals surface area contributed by atoms with Crippen molar-refractivity contribution in [1.29, 1.82) is 0 Å². The van der Waals surface area contributed by atoms with Gasteiger partial charge in [0.1, 0.15) is 0 Å². The maximum atomic E-state index is 11.7. The minimum atomic E-state index is -0.497. The van der Waals surface area contributed by atoms with Gasteiger partial charge < -0.3 is 9.32 Å². The van der Waals surface area contributed by atoms with Crippen LogP contribution in [0.3, 0.4) is 0 Å². The summed E-state index contributed by atoms with van der Waals surface area (Å²) in [7, 11) is 0. The predicted octanol–water partition coefficient (Wildman–Crippen LogP) is 2.37. The largest absolute Gasteiger partial charge is 0.419 e. The highest BCUT2D eigenvalue weighted by Gasteiger charge is 2.22. The summed E-state index contributed by atoms with van der Waals surface area (Å²) in [6, 6.07) is 4.86. The topological polar surface area (TPSA) is 50.5 Å². The molecule has 1 aromatic heterocycles. The van der Waals surface area contributed by atoms with Crippen molar-refractivity contribution in [3.63, 3.8) is 0 Å². The van der Waals surface area contributed by atoms with E-state index in [-0.39, 0.29) is 5.91 Å². The van der Waals surface area contributed by atoms with Crippen LogP contribution in [0.2, 0.25) is 5.02 Å². The predicted molar refractivity (Wildman–Crippen MR) is 67.9 cm³/mol. The first-order valence-corrected chi connectivity index (χ1v) is 5.98. The smallest absolute Gasteiger partial charge is 0.344 e. The molecule has 4 nitrogen and oxygen atoms in total. The maximum absolute atomic E-state index is 11.7. The van der Waals surface area contributed by atoms with Crippen molar-refractivity contribution >= 4 is 34.0 Å². The van der Waals surface area contributed by atoms with Crippen molar-refractivity contribution < 1.29 is 9.21 Å². The molecule has 1 aromatic carbocycles. The quantitative estimate of drug-likeness (QED) is 0.793. The van der Waals surface area contributed by atoms with E-state index < -0.39 is 5.63 Å². The highest BCUT2D eigenvalue weighted by molar-refractivity contribution is 6.36. The third-order valence-corrected chi connectivity index (χ3v) is 3.39. The third-order valence-electron chi connectivity index (χ3n) is 3.07. The van der Waals surface area contributed by atoms with E-state index in [1.165, 1.54) is 6.07 Å². The molecule has 1 fully saturated rings. The van der Waals surface area contributed by atoms with Gasteiger partial charge in [-0.15, -0.1) is 0 Å². The molecule has 0 unspecified atom stereocenters. The van der Waals surface area contributed by atoms with Gasteiger partial charge in [-0.25, -0.2) is 4.79 Å². The minimum absolute atomic E-state index is 0.0531. The van der Waals surface area contributed by atoms with Crippen LogP contribution in [0.1, 0.15) is 12.8 Å². The summed E-state index contributed by atoms with van der Waals surface area (Å²) in [6.07, 6.45) is 3.75. The van der Waals surface area contributed by atoms with E-state index in [0.29, 0.717) is 34.4 Å². The summed E-state index contributed by atoms with van der Waals surface area (Å²) in [5.74, 6) is 0.0531. The van der Waals surface area contributed by atoms with Crippen LogP contribution in [0.4, 0.5) is 5.69 Å². The van der Waals surface area contributed by atoms with Crippen molar-refractivity contribution in [2.24, 2.45) is 0 Å². The zero-order chi connectivity index (χ0) is 12.7. The van der Waals surface area contributed by atoms with E-state index in [4.69, 9.17) is 16.0 Å². The van der Waals surface area contributed by atoms with Gasteiger partial charge in [0.25, 0.3) is 0 Å². The molecule has 91 valence electrons. The number of benzene rings is 1. The lowest BCUT2D eigenvalue weighted by molar-refractivity contribution is -0.117. The van der Waals surface area contributed by atoms with Gasteiger partial charge >= 0.3 is 5.63 Å². The van der Waals surface area contributed by atoms with Crippen LogP contribution >= 0.6 is 11.6 Å². The molecule has 2 aromatic rings. The fourth-order valence-corrected chi connectivity index (χ4v) is 2.46. The van der Waals surface area contributed by atoms with Crippen molar-refractivity contribution in [3.05, 3.63) is 39.9 Å². The van der Waals surface area contributed by atoms with E-state index >= 15 is 0 Å². The van der Waals surface area contributed by atoms with E-state index in [2.05, 4.69) is 6.26 Å². The van der Waals surface area contributed by atoms with E-state index in [0.717, 1.165) is 6.42 Å². The Hall–Kier alpha value is -1.81. The normalized spacial score (nSPS) is 15.6. The van der Waals surface area contributed by atoms with Crippen molar-refractivity contribution in [1.82, 2.24) is 0 Å². The first-order valence-electron chi connectivity index (χ1n) is 5.60. The Labute approximate surface area is 108 Å². The van der Waals surface area contributed by atoms with Gasteiger partial charge in [-0.05, 0) is 24.6 Å². The second-order valence-corrected chi connectivity index (χ2v) is 4.60. The molecule has 1 radical (unpaired) electrons. The highest BCUT2D eigenvalue weighted by Crippen LogP contribution is 2.30. The zero-order valence-corrected chi connectivity index (χ0v) is 10.2. The fraction of sp³-hybridized carbons (Fsp3) is 0.231. The Balaban J connectivity index is 2.23. The van der Waals surface area contributed by atoms with Crippen LogP contribution in [-0.4, -0.2) is 12.5 Å². The Morgan fingerprint density at radius 3 is 2.83 bits per heavy atom. The van der Waals surface area contributed by atoms with Crippen LogP contribution in [0.15, 0.2) is 27.4 Å². The fourth-order valence-electron chi connectivity index (χ4n) is 2.19. The number of halogens is 1. The molecule has 0 saturated carbocycles. The lowest BCUT2D eigenvalue weighted by Crippen LogP contribution is -2.23. The molecule has 0 bridgehead atoms. The molecule has 1 aliphatic rings. The number of carbonyl (C=O) groups is 1. The van der Waals surface area contributed by atoms with Gasteiger partial charge in [-0.2, -0.15) is 0 Å². The Bertz CT molecular complexity index is 692. The molecular weight excluding hydrogens is 254 g/mol. The number of carbonyl (C=O) groups excluding carboxylic acids is 1. The first kappa shape index (κ1) is 11.3. The molecule has 0 aliphatic carbocycles. The monoisotopic (exact) mass is 262 g/mol. The minimum Gasteiger partial charge on any atom is -0.419 e. The summed E-state index contributed by atoms with van der Waals surface area (Å²) >= 11 is 6.12. The zero-order valence-electron chi connectivity index (χ0n) is 9.40. The second kappa shape index (κ2) is 4.14. The van der Waals surface area contributed by atoms with Crippen LogP contribution < -0.4 is 10.5 Å². The van der Waals surface area contributed by atoms with Gasteiger partial charge in [0.05, 0.1) is 10.4 Å². The standard InChI is InChI=1S/C13H9ClNO3/c14-11-7-8(15-4-1-2-12(15)16)6-10-9(11)3-5-18-13(10)17/h3,6-7H,1-2,4H2. The summed E-state index contributed by atoms with van der Waals surface area (Å²) in [6.45, 7) is 0.658. The maximum Gasteiger partial charge on any atom is 0.344 e. The number of fused-ring (bicyclic) bond motifs is 1. The lowest BCUT2D eigenvalue weighted by atomic mass is 10.1. The van der Waals surface area contributed by atoms with Gasteiger partial charge in [-0.1, -0.05) is 11.6 Å². The lowest BCUT2D eigenvalue weighted by Gasteiger charge is -2.16. The third kappa shape index (κ3) is 1.69. The first-order chi connectivity index (χ1) is 8.66. The molecule has 0 spiro atoms. The van der Waals surface area contributed by atoms with E-state index in [9.17, 15) is 9.59 Å². The Morgan fingerprint density at radius 1 is 1.28 bits per heavy atom. The average Bonchev–Trinajstić information content (AvgIpc) is 2.77.